The van der Waals surface area contributed by atoms with Crippen LogP contribution >= 0.6 is 0 Å². The van der Waals surface area contributed by atoms with Crippen molar-refractivity contribution in [1.82, 2.24) is 4.98 Å². The molecule has 1 atom stereocenters. The number of nitrogens with one attached hydrogen (secondary N) is 1. The molecule has 1 heterocycles. The molecule has 0 aliphatic heterocycles. The Balaban J connectivity index is 2.67. The minimum atomic E-state index is -0.584. The van der Waals surface area contributed by atoms with Gasteiger partial charge in [-0.05, 0) is 17.7 Å². The second-order valence-electron chi connectivity index (χ2n) is 2.97. The number of aliphatic hydroxyl groups is 1. The van der Waals surface area contributed by atoms with E-state index in [9.17, 15) is 5.11 Å². The zero-order valence-electron chi connectivity index (χ0n) is 7.20. The molecule has 13 heavy (non-hydrogen) atoms. The molecule has 0 saturated heterocycles. The third-order valence-electron chi connectivity index (χ3n) is 2.17. The third-order valence-corrected chi connectivity index (χ3v) is 2.17. The zero-order valence-corrected chi connectivity index (χ0v) is 7.20. The smallest absolute Gasteiger partial charge is 0.0975 e. The summed E-state index contributed by atoms with van der Waals surface area (Å²) in [6.07, 6.45) is 2.81. The van der Waals surface area contributed by atoms with Gasteiger partial charge in [-0.3, -0.25) is 0 Å². The largest absolute Gasteiger partial charge is 0.384 e. The first-order valence-corrected chi connectivity index (χ1v) is 4.19. The number of benzene rings is 1. The summed E-state index contributed by atoms with van der Waals surface area (Å²) in [6.45, 7) is 3.57. The van der Waals surface area contributed by atoms with Crippen molar-refractivity contribution in [3.8, 4) is 0 Å². The Bertz CT molecular complexity index is 430. The average molecular weight is 173 g/mol. The Morgan fingerprint density at radius 3 is 3.00 bits per heavy atom. The molecule has 0 amide bonds. The van der Waals surface area contributed by atoms with Gasteiger partial charge in [-0.25, -0.2) is 0 Å². The molecule has 2 heteroatoms. The third kappa shape index (κ3) is 1.25. The first-order chi connectivity index (χ1) is 6.33. The fourth-order valence-electron chi connectivity index (χ4n) is 1.49. The van der Waals surface area contributed by atoms with E-state index in [0.717, 1.165) is 16.5 Å². The lowest BCUT2D eigenvalue weighted by Gasteiger charge is -2.06. The Morgan fingerprint density at radius 1 is 1.38 bits per heavy atom. The van der Waals surface area contributed by atoms with Crippen LogP contribution in [0, 0.1) is 0 Å². The summed E-state index contributed by atoms with van der Waals surface area (Å²) in [6, 6.07) is 7.76. The first kappa shape index (κ1) is 8.08. The van der Waals surface area contributed by atoms with Gasteiger partial charge in [-0.2, -0.15) is 0 Å². The minimum Gasteiger partial charge on any atom is -0.384 e. The maximum absolute atomic E-state index is 9.61. The second kappa shape index (κ2) is 3.07. The summed E-state index contributed by atoms with van der Waals surface area (Å²) in [7, 11) is 0. The van der Waals surface area contributed by atoms with Crippen LogP contribution in [0.15, 0.2) is 43.1 Å². The van der Waals surface area contributed by atoms with E-state index in [1.165, 1.54) is 6.08 Å². The van der Waals surface area contributed by atoms with Crippen LogP contribution in [0.4, 0.5) is 0 Å². The van der Waals surface area contributed by atoms with Crippen LogP contribution in [0.2, 0.25) is 0 Å². The molecule has 1 aromatic heterocycles. The Morgan fingerprint density at radius 2 is 2.23 bits per heavy atom. The molecule has 0 saturated carbocycles. The number of rotatable bonds is 2. The summed E-state index contributed by atoms with van der Waals surface area (Å²) in [5, 5.41) is 10.7. The molecule has 0 fully saturated rings. The minimum absolute atomic E-state index is 0.584. The van der Waals surface area contributed by atoms with E-state index < -0.39 is 6.10 Å². The quantitative estimate of drug-likeness (QED) is 0.672. The van der Waals surface area contributed by atoms with E-state index in [0.29, 0.717) is 0 Å². The van der Waals surface area contributed by atoms with Crippen molar-refractivity contribution in [3.05, 3.63) is 48.7 Å². The van der Waals surface area contributed by atoms with Gasteiger partial charge in [0.25, 0.3) is 0 Å². The summed E-state index contributed by atoms with van der Waals surface area (Å²) in [5.41, 5.74) is 1.94. The molecule has 2 rings (SSSR count). The van der Waals surface area contributed by atoms with Crippen LogP contribution in [0.25, 0.3) is 10.9 Å². The number of fused-ring (bicyclic) bond motifs is 1. The maximum Gasteiger partial charge on any atom is 0.0975 e. The Labute approximate surface area is 76.5 Å². The van der Waals surface area contributed by atoms with E-state index in [1.54, 1.807) is 0 Å². The summed E-state index contributed by atoms with van der Waals surface area (Å²) >= 11 is 0. The van der Waals surface area contributed by atoms with Gasteiger partial charge in [0.1, 0.15) is 0 Å². The highest BCUT2D eigenvalue weighted by Gasteiger charge is 2.06. The average Bonchev–Trinajstić information content (AvgIpc) is 2.63. The van der Waals surface area contributed by atoms with Crippen molar-refractivity contribution in [2.75, 3.05) is 0 Å². The SMILES string of the molecule is C=CC(O)c1cccc2[nH]ccc12. The highest BCUT2D eigenvalue weighted by molar-refractivity contribution is 5.83. The highest BCUT2D eigenvalue weighted by Crippen LogP contribution is 2.23. The second-order valence-corrected chi connectivity index (χ2v) is 2.97. The molecule has 66 valence electrons. The van der Waals surface area contributed by atoms with Crippen molar-refractivity contribution in [1.29, 1.82) is 0 Å². The summed E-state index contributed by atoms with van der Waals surface area (Å²) < 4.78 is 0. The van der Waals surface area contributed by atoms with Crippen molar-refractivity contribution in [2.45, 2.75) is 6.10 Å². The molecule has 0 bridgehead atoms. The van der Waals surface area contributed by atoms with E-state index >= 15 is 0 Å². The molecule has 1 unspecified atom stereocenters. The molecular weight excluding hydrogens is 162 g/mol. The number of aromatic nitrogens is 1. The number of hydrogen-bond acceptors (Lipinski definition) is 1. The summed E-state index contributed by atoms with van der Waals surface area (Å²) in [5.74, 6) is 0. The Kier molecular flexibility index (Phi) is 1.91. The molecule has 0 aliphatic rings. The molecule has 1 aromatic carbocycles. The van der Waals surface area contributed by atoms with Crippen molar-refractivity contribution >= 4 is 10.9 Å². The topological polar surface area (TPSA) is 36.0 Å². The molecule has 0 spiro atoms. The number of H-pyrrole nitrogens is 1. The molecule has 2 aromatic rings. The standard InChI is InChI=1S/C11H11NO/c1-2-11(13)9-4-3-5-10-8(9)6-7-12-10/h2-7,11-13H,1H2. The van der Waals surface area contributed by atoms with Gasteiger partial charge in [0.05, 0.1) is 6.10 Å². The zero-order chi connectivity index (χ0) is 9.26. The molecule has 2 N–H and O–H groups in total. The van der Waals surface area contributed by atoms with Crippen LogP contribution in [-0.2, 0) is 0 Å². The van der Waals surface area contributed by atoms with Gasteiger partial charge >= 0.3 is 0 Å². The van der Waals surface area contributed by atoms with E-state index in [2.05, 4.69) is 11.6 Å². The number of aromatic amines is 1. The molecule has 0 radical (unpaired) electrons. The summed E-state index contributed by atoms with van der Waals surface area (Å²) in [4.78, 5) is 3.09. The van der Waals surface area contributed by atoms with Crippen molar-refractivity contribution in [3.63, 3.8) is 0 Å². The van der Waals surface area contributed by atoms with Crippen molar-refractivity contribution in [2.24, 2.45) is 0 Å². The maximum atomic E-state index is 9.61. The van der Waals surface area contributed by atoms with Gasteiger partial charge in [-0.1, -0.05) is 18.2 Å². The first-order valence-electron chi connectivity index (χ1n) is 4.19. The highest BCUT2D eigenvalue weighted by atomic mass is 16.3. The number of aliphatic hydroxyl groups excluding tert-OH is 1. The molecule has 2 nitrogen and oxygen atoms in total. The van der Waals surface area contributed by atoms with Crippen LogP contribution in [0.1, 0.15) is 11.7 Å². The lowest BCUT2D eigenvalue weighted by atomic mass is 10.1. The fraction of sp³-hybridized carbons (Fsp3) is 0.0909. The van der Waals surface area contributed by atoms with Crippen LogP contribution in [0.5, 0.6) is 0 Å². The molecule has 0 aliphatic carbocycles. The lowest BCUT2D eigenvalue weighted by Crippen LogP contribution is -1.92. The van der Waals surface area contributed by atoms with E-state index in [4.69, 9.17) is 0 Å². The predicted molar refractivity (Wildman–Crippen MR) is 53.5 cm³/mol. The van der Waals surface area contributed by atoms with Crippen LogP contribution in [0.3, 0.4) is 0 Å². The fourth-order valence-corrected chi connectivity index (χ4v) is 1.49. The van der Waals surface area contributed by atoms with Crippen LogP contribution < -0.4 is 0 Å². The van der Waals surface area contributed by atoms with Gasteiger partial charge in [-0.15, -0.1) is 6.58 Å². The number of hydrogen-bond donors (Lipinski definition) is 2. The van der Waals surface area contributed by atoms with E-state index in [-0.39, 0.29) is 0 Å². The van der Waals surface area contributed by atoms with Gasteiger partial charge < -0.3 is 10.1 Å². The Hall–Kier alpha value is -1.54. The van der Waals surface area contributed by atoms with E-state index in [1.807, 2.05) is 30.5 Å². The van der Waals surface area contributed by atoms with Gasteiger partial charge in [0.2, 0.25) is 0 Å². The van der Waals surface area contributed by atoms with Gasteiger partial charge in [0, 0.05) is 17.1 Å². The lowest BCUT2D eigenvalue weighted by molar-refractivity contribution is 0.230. The van der Waals surface area contributed by atoms with Gasteiger partial charge in [0.15, 0.2) is 0 Å². The van der Waals surface area contributed by atoms with Crippen molar-refractivity contribution < 1.29 is 5.11 Å². The molecular formula is C11H11NO. The normalized spacial score (nSPS) is 13.0. The predicted octanol–water partition coefficient (Wildman–Crippen LogP) is 2.39. The monoisotopic (exact) mass is 173 g/mol. The van der Waals surface area contributed by atoms with Crippen LogP contribution in [-0.4, -0.2) is 10.1 Å².